The van der Waals surface area contributed by atoms with Crippen LogP contribution in [-0.2, 0) is 6.42 Å². The second kappa shape index (κ2) is 7.31. The van der Waals surface area contributed by atoms with E-state index in [1.54, 1.807) is 12.1 Å². The number of hydrogen-bond acceptors (Lipinski definition) is 3. The van der Waals surface area contributed by atoms with E-state index in [4.69, 9.17) is 10.8 Å². The molecular weight excluding hydrogens is 379 g/mol. The van der Waals surface area contributed by atoms with Crippen molar-refractivity contribution in [2.24, 2.45) is 16.1 Å². The third-order valence-electron chi connectivity index (χ3n) is 3.18. The van der Waals surface area contributed by atoms with Crippen molar-refractivity contribution in [3.05, 3.63) is 40.3 Å². The van der Waals surface area contributed by atoms with Gasteiger partial charge < -0.3 is 15.9 Å². The van der Waals surface area contributed by atoms with Crippen LogP contribution in [0.15, 0.2) is 39.8 Å². The summed E-state index contributed by atoms with van der Waals surface area (Å²) in [5, 5.41) is 17.3. The molecule has 0 spiro atoms. The molecule has 1 atom stereocenters. The van der Waals surface area contributed by atoms with Gasteiger partial charge in [-0.1, -0.05) is 6.07 Å². The summed E-state index contributed by atoms with van der Waals surface area (Å²) in [6, 6.07) is 3.40. The van der Waals surface area contributed by atoms with Gasteiger partial charge in [0.25, 0.3) is 0 Å². The molecule has 0 aliphatic carbocycles. The fourth-order valence-corrected chi connectivity index (χ4v) is 1.71. The number of hydrogen-bond donors (Lipinski definition) is 2. The standard InChI is InChI=1S/C14H17BrF3N3O2/c1-13(2,14(16,17)18)9(22)6-11(19)21-12(23)5-8-3-4-10(15)20-7-8/h3-4,6-7,12,22-23H,5H2,1-2H3,(H2,19,21)/p+1/b9-6-. The van der Waals surface area contributed by atoms with E-state index in [1.807, 2.05) is 0 Å². The van der Waals surface area contributed by atoms with E-state index in [-0.39, 0.29) is 12.3 Å². The Balaban J connectivity index is 2.83. The SMILES string of the molecule is CC(C)(/C([OH2+])=C/C(N)=NC(O)Cc1ccc(Br)nc1)C(F)(F)F. The molecule has 1 aromatic heterocycles. The van der Waals surface area contributed by atoms with Crippen LogP contribution in [0.1, 0.15) is 19.4 Å². The molecule has 1 unspecified atom stereocenters. The Labute approximate surface area is 139 Å². The zero-order valence-electron chi connectivity index (χ0n) is 12.5. The quantitative estimate of drug-likeness (QED) is 0.262. The Morgan fingerprint density at radius 3 is 2.57 bits per heavy atom. The predicted octanol–water partition coefficient (Wildman–Crippen LogP) is 2.26. The Bertz CT molecular complexity index is 598. The summed E-state index contributed by atoms with van der Waals surface area (Å²) >= 11 is 3.17. The van der Waals surface area contributed by atoms with Crippen molar-refractivity contribution >= 4 is 21.8 Å². The Kier molecular flexibility index (Phi) is 6.18. The summed E-state index contributed by atoms with van der Waals surface area (Å²) in [5.74, 6) is -1.08. The minimum atomic E-state index is -4.58. The average molecular weight is 397 g/mol. The Morgan fingerprint density at radius 2 is 2.09 bits per heavy atom. The molecule has 0 bridgehead atoms. The molecule has 5 nitrogen and oxygen atoms in total. The van der Waals surface area contributed by atoms with Gasteiger partial charge in [-0.25, -0.2) is 9.98 Å². The maximum atomic E-state index is 12.8. The van der Waals surface area contributed by atoms with Crippen LogP contribution in [0.25, 0.3) is 0 Å². The van der Waals surface area contributed by atoms with E-state index >= 15 is 0 Å². The number of halogens is 4. The minimum Gasteiger partial charge on any atom is -0.596 e. The third kappa shape index (κ3) is 5.51. The second-order valence-electron chi connectivity index (χ2n) is 5.41. The van der Waals surface area contributed by atoms with Gasteiger partial charge in [-0.05, 0) is 41.4 Å². The lowest BCUT2D eigenvalue weighted by atomic mass is 9.89. The van der Waals surface area contributed by atoms with Crippen LogP contribution in [-0.4, -0.2) is 33.4 Å². The van der Waals surface area contributed by atoms with Gasteiger partial charge in [-0.15, -0.1) is 0 Å². The van der Waals surface area contributed by atoms with Gasteiger partial charge in [-0.3, -0.25) is 0 Å². The molecule has 9 heteroatoms. The molecule has 128 valence electrons. The van der Waals surface area contributed by atoms with E-state index in [9.17, 15) is 18.3 Å². The van der Waals surface area contributed by atoms with Crippen molar-refractivity contribution in [2.75, 3.05) is 0 Å². The first-order chi connectivity index (χ1) is 10.4. The maximum Gasteiger partial charge on any atom is 0.406 e. The lowest BCUT2D eigenvalue weighted by molar-refractivity contribution is -0.206. The van der Waals surface area contributed by atoms with E-state index in [2.05, 4.69) is 25.9 Å². The van der Waals surface area contributed by atoms with Crippen LogP contribution >= 0.6 is 15.9 Å². The van der Waals surface area contributed by atoms with Crippen molar-refractivity contribution < 1.29 is 23.4 Å². The van der Waals surface area contributed by atoms with Crippen LogP contribution in [0.2, 0.25) is 0 Å². The van der Waals surface area contributed by atoms with Crippen LogP contribution in [0.3, 0.4) is 0 Å². The number of nitrogens with zero attached hydrogens (tertiary/aromatic N) is 2. The number of alkyl halides is 3. The van der Waals surface area contributed by atoms with Gasteiger partial charge in [0.1, 0.15) is 10.4 Å². The molecule has 0 fully saturated rings. The molecule has 5 N–H and O–H groups in total. The monoisotopic (exact) mass is 396 g/mol. The molecule has 1 rings (SSSR count). The first kappa shape index (κ1) is 19.4. The summed E-state index contributed by atoms with van der Waals surface area (Å²) in [6.45, 7) is 1.76. The van der Waals surface area contributed by atoms with Gasteiger partial charge in [0.2, 0.25) is 5.76 Å². The Hall–Kier alpha value is -1.61. The summed E-state index contributed by atoms with van der Waals surface area (Å²) < 4.78 is 39.1. The number of pyridine rings is 1. The highest BCUT2D eigenvalue weighted by atomic mass is 79.9. The molecule has 0 saturated heterocycles. The number of allylic oxidation sites excluding steroid dienone is 1. The summed E-state index contributed by atoms with van der Waals surface area (Å²) in [4.78, 5) is 7.65. The summed E-state index contributed by atoms with van der Waals surface area (Å²) in [5.41, 5.74) is 3.83. The molecular formula is C14H18BrF3N3O2+. The van der Waals surface area contributed by atoms with Crippen molar-refractivity contribution in [3.63, 3.8) is 0 Å². The van der Waals surface area contributed by atoms with Gasteiger partial charge >= 0.3 is 6.18 Å². The van der Waals surface area contributed by atoms with Gasteiger partial charge in [0.05, 0.1) is 6.08 Å². The number of aromatic nitrogens is 1. The lowest BCUT2D eigenvalue weighted by Crippen LogP contribution is -2.34. The molecule has 0 amide bonds. The summed E-state index contributed by atoms with van der Waals surface area (Å²) in [7, 11) is 0. The van der Waals surface area contributed by atoms with Crippen molar-refractivity contribution in [2.45, 2.75) is 32.7 Å². The third-order valence-corrected chi connectivity index (χ3v) is 3.65. The molecule has 1 aromatic rings. The highest BCUT2D eigenvalue weighted by Gasteiger charge is 2.53. The van der Waals surface area contributed by atoms with Gasteiger partial charge in [-0.2, -0.15) is 13.2 Å². The number of rotatable bonds is 5. The minimum absolute atomic E-state index is 0.102. The fourth-order valence-electron chi connectivity index (χ4n) is 1.47. The van der Waals surface area contributed by atoms with Crippen molar-refractivity contribution in [1.82, 2.24) is 4.98 Å². The van der Waals surface area contributed by atoms with E-state index in [1.165, 1.54) is 6.20 Å². The van der Waals surface area contributed by atoms with Crippen LogP contribution in [0.4, 0.5) is 13.2 Å². The molecule has 0 aromatic carbocycles. The molecule has 0 saturated carbocycles. The first-order valence-electron chi connectivity index (χ1n) is 6.55. The van der Waals surface area contributed by atoms with Gasteiger partial charge in [0, 0.05) is 12.6 Å². The predicted molar refractivity (Wildman–Crippen MR) is 84.8 cm³/mol. The molecule has 0 aliphatic heterocycles. The van der Waals surface area contributed by atoms with Crippen LogP contribution < -0.4 is 5.73 Å². The average Bonchev–Trinajstić information content (AvgIpc) is 2.39. The van der Waals surface area contributed by atoms with Gasteiger partial charge in [0.15, 0.2) is 11.6 Å². The zero-order valence-corrected chi connectivity index (χ0v) is 14.1. The zero-order chi connectivity index (χ0) is 17.8. The number of amidine groups is 1. The largest absolute Gasteiger partial charge is 0.596 e. The van der Waals surface area contributed by atoms with Crippen LogP contribution in [0.5, 0.6) is 0 Å². The fraction of sp³-hybridized carbons (Fsp3) is 0.429. The maximum absolute atomic E-state index is 12.8. The number of aliphatic hydroxyl groups is 1. The second-order valence-corrected chi connectivity index (χ2v) is 6.22. The molecule has 23 heavy (non-hydrogen) atoms. The van der Waals surface area contributed by atoms with Crippen molar-refractivity contribution in [1.29, 1.82) is 0 Å². The smallest absolute Gasteiger partial charge is 0.406 e. The molecule has 0 radical (unpaired) electrons. The van der Waals surface area contributed by atoms with E-state index < -0.39 is 23.6 Å². The first-order valence-corrected chi connectivity index (χ1v) is 7.35. The number of aliphatic hydroxyl groups excluding tert-OH is 1. The number of nitrogens with two attached hydrogens (primary N) is 1. The molecule has 1 heterocycles. The van der Waals surface area contributed by atoms with Crippen LogP contribution in [0, 0.1) is 5.41 Å². The van der Waals surface area contributed by atoms with E-state index in [0.717, 1.165) is 19.9 Å². The topological polar surface area (TPSA) is 94.4 Å². The Morgan fingerprint density at radius 1 is 1.48 bits per heavy atom. The highest BCUT2D eigenvalue weighted by Crippen LogP contribution is 2.42. The summed E-state index contributed by atoms with van der Waals surface area (Å²) in [6.07, 6.45) is -3.39. The normalized spacial score (nSPS) is 15.6. The van der Waals surface area contributed by atoms with E-state index in [0.29, 0.717) is 10.2 Å². The number of aliphatic imine (C=N–C) groups is 1. The van der Waals surface area contributed by atoms with Crippen molar-refractivity contribution in [3.8, 4) is 0 Å². The lowest BCUT2D eigenvalue weighted by Gasteiger charge is -2.23. The molecule has 0 aliphatic rings. The highest BCUT2D eigenvalue weighted by molar-refractivity contribution is 9.10.